The number of thioether (sulfide) groups is 2. The van der Waals surface area contributed by atoms with E-state index < -0.39 is 0 Å². The molecule has 0 aromatic carbocycles. The lowest BCUT2D eigenvalue weighted by Gasteiger charge is -2.10. The standard InChI is InChI=1S/C16H33S2/c1-5-7-13-18-16(4)12-10-8-9-11-14-17-15(3)6-2/h15-16H,4-14H2,1-3H3. The molecule has 2 heteroatoms. The molecule has 0 bridgehead atoms. The molecule has 2 unspecified atom stereocenters. The maximum Gasteiger partial charge on any atom is 0.00474 e. The lowest BCUT2D eigenvalue weighted by Crippen LogP contribution is -1.98. The smallest absolute Gasteiger partial charge is 0.00474 e. The van der Waals surface area contributed by atoms with E-state index in [0.29, 0.717) is 5.25 Å². The molecule has 0 saturated heterocycles. The van der Waals surface area contributed by atoms with Crippen LogP contribution >= 0.6 is 23.5 Å². The number of unbranched alkanes of at least 4 members (excludes halogenated alkanes) is 4. The first-order valence-electron chi connectivity index (χ1n) is 7.77. The third-order valence-electron chi connectivity index (χ3n) is 3.25. The Labute approximate surface area is 124 Å². The summed E-state index contributed by atoms with van der Waals surface area (Å²) >= 11 is 4.20. The first-order valence-corrected chi connectivity index (χ1v) is 9.86. The molecule has 0 aromatic rings. The van der Waals surface area contributed by atoms with Gasteiger partial charge in [-0.1, -0.05) is 46.5 Å². The summed E-state index contributed by atoms with van der Waals surface area (Å²) in [6.07, 6.45) is 10.9. The third kappa shape index (κ3) is 13.1. The molecule has 0 rings (SSSR count). The molecular weight excluding hydrogens is 256 g/mol. The highest BCUT2D eigenvalue weighted by atomic mass is 32.2. The lowest BCUT2D eigenvalue weighted by molar-refractivity contribution is 0.643. The topological polar surface area (TPSA) is 0 Å². The van der Waals surface area contributed by atoms with E-state index in [9.17, 15) is 0 Å². The summed E-state index contributed by atoms with van der Waals surface area (Å²) in [4.78, 5) is 0. The van der Waals surface area contributed by atoms with E-state index in [1.807, 2.05) is 0 Å². The second-order valence-electron chi connectivity index (χ2n) is 5.14. The van der Waals surface area contributed by atoms with E-state index in [1.54, 1.807) is 0 Å². The highest BCUT2D eigenvalue weighted by molar-refractivity contribution is 8.00. The molecule has 0 aliphatic heterocycles. The maximum atomic E-state index is 4.24. The maximum absolute atomic E-state index is 4.24. The van der Waals surface area contributed by atoms with E-state index in [2.05, 4.69) is 51.2 Å². The van der Waals surface area contributed by atoms with Crippen LogP contribution in [0, 0.1) is 6.92 Å². The van der Waals surface area contributed by atoms with Crippen molar-refractivity contribution in [3.8, 4) is 0 Å². The van der Waals surface area contributed by atoms with Gasteiger partial charge in [0, 0.05) is 10.5 Å². The fraction of sp³-hybridized carbons (Fsp3) is 0.938. The molecule has 0 aliphatic carbocycles. The minimum atomic E-state index is 0.631. The Balaban J connectivity index is 3.14. The molecule has 109 valence electrons. The Bertz CT molecular complexity index is 159. The Morgan fingerprint density at radius 2 is 1.56 bits per heavy atom. The van der Waals surface area contributed by atoms with Crippen molar-refractivity contribution in [1.29, 1.82) is 0 Å². The van der Waals surface area contributed by atoms with E-state index in [4.69, 9.17) is 0 Å². The summed E-state index contributed by atoms with van der Waals surface area (Å²) in [6.45, 7) is 11.1. The van der Waals surface area contributed by atoms with E-state index in [1.165, 1.54) is 62.9 Å². The Hall–Kier alpha value is 0.700. The molecular formula is C16H33S2. The molecule has 0 saturated carbocycles. The Kier molecular flexibility index (Phi) is 14.7. The van der Waals surface area contributed by atoms with Gasteiger partial charge in [-0.25, -0.2) is 0 Å². The van der Waals surface area contributed by atoms with Gasteiger partial charge in [0.05, 0.1) is 0 Å². The van der Waals surface area contributed by atoms with Gasteiger partial charge < -0.3 is 0 Å². The van der Waals surface area contributed by atoms with Gasteiger partial charge in [0.2, 0.25) is 0 Å². The van der Waals surface area contributed by atoms with Gasteiger partial charge in [0.15, 0.2) is 0 Å². The summed E-state index contributed by atoms with van der Waals surface area (Å²) in [5.74, 6) is 2.66. The highest BCUT2D eigenvalue weighted by Gasteiger charge is 2.02. The molecule has 0 nitrogen and oxygen atoms in total. The van der Waals surface area contributed by atoms with Gasteiger partial charge in [-0.3, -0.25) is 0 Å². The summed E-state index contributed by atoms with van der Waals surface area (Å²) in [5.41, 5.74) is 0. The summed E-state index contributed by atoms with van der Waals surface area (Å²) in [6, 6.07) is 0. The van der Waals surface area contributed by atoms with Crippen molar-refractivity contribution in [2.24, 2.45) is 0 Å². The minimum absolute atomic E-state index is 0.631. The predicted octanol–water partition coefficient (Wildman–Crippen LogP) is 6.20. The van der Waals surface area contributed by atoms with Crippen molar-refractivity contribution in [3.63, 3.8) is 0 Å². The van der Waals surface area contributed by atoms with Gasteiger partial charge in [-0.2, -0.15) is 23.5 Å². The number of hydrogen-bond donors (Lipinski definition) is 0. The SMILES string of the molecule is [CH2]C(CCCCCCSC(C)CC)SCCCC. The molecule has 0 fully saturated rings. The van der Waals surface area contributed by atoms with Crippen molar-refractivity contribution in [3.05, 3.63) is 6.92 Å². The van der Waals surface area contributed by atoms with Crippen LogP contribution in [0.5, 0.6) is 0 Å². The molecule has 0 amide bonds. The normalized spacial score (nSPS) is 14.7. The molecule has 18 heavy (non-hydrogen) atoms. The minimum Gasteiger partial charge on any atom is -0.159 e. The Morgan fingerprint density at radius 3 is 2.22 bits per heavy atom. The second-order valence-corrected chi connectivity index (χ2v) is 8.09. The number of hydrogen-bond acceptors (Lipinski definition) is 2. The molecule has 2 atom stereocenters. The largest absolute Gasteiger partial charge is 0.159 e. The number of rotatable bonds is 13. The zero-order valence-electron chi connectivity index (χ0n) is 12.7. The van der Waals surface area contributed by atoms with Crippen LogP contribution in [0.4, 0.5) is 0 Å². The van der Waals surface area contributed by atoms with Crippen molar-refractivity contribution in [1.82, 2.24) is 0 Å². The van der Waals surface area contributed by atoms with Crippen molar-refractivity contribution in [2.45, 2.75) is 82.6 Å². The van der Waals surface area contributed by atoms with Crippen LogP contribution in [-0.4, -0.2) is 22.0 Å². The summed E-state index contributed by atoms with van der Waals surface area (Å²) in [7, 11) is 0. The monoisotopic (exact) mass is 289 g/mol. The van der Waals surface area contributed by atoms with Gasteiger partial charge in [-0.15, -0.1) is 0 Å². The van der Waals surface area contributed by atoms with E-state index >= 15 is 0 Å². The second kappa shape index (κ2) is 14.1. The van der Waals surface area contributed by atoms with E-state index in [0.717, 1.165) is 5.25 Å². The van der Waals surface area contributed by atoms with Crippen LogP contribution in [0.3, 0.4) is 0 Å². The fourth-order valence-corrected chi connectivity index (χ4v) is 3.84. The van der Waals surface area contributed by atoms with Crippen molar-refractivity contribution < 1.29 is 0 Å². The van der Waals surface area contributed by atoms with Gasteiger partial charge >= 0.3 is 0 Å². The average Bonchev–Trinajstić information content (AvgIpc) is 2.37. The van der Waals surface area contributed by atoms with Crippen LogP contribution in [0.25, 0.3) is 0 Å². The van der Waals surface area contributed by atoms with Crippen molar-refractivity contribution in [2.75, 3.05) is 11.5 Å². The molecule has 0 heterocycles. The zero-order chi connectivity index (χ0) is 13.6. The first-order chi connectivity index (χ1) is 8.70. The summed E-state index contributed by atoms with van der Waals surface area (Å²) < 4.78 is 0. The fourth-order valence-electron chi connectivity index (χ4n) is 1.71. The van der Waals surface area contributed by atoms with Crippen LogP contribution in [0.2, 0.25) is 0 Å². The molecule has 0 spiro atoms. The quantitative estimate of drug-likeness (QED) is 0.370. The lowest BCUT2D eigenvalue weighted by atomic mass is 10.1. The van der Waals surface area contributed by atoms with Crippen LogP contribution in [0.1, 0.15) is 72.1 Å². The predicted molar refractivity (Wildman–Crippen MR) is 91.8 cm³/mol. The van der Waals surface area contributed by atoms with Crippen LogP contribution in [0.15, 0.2) is 0 Å². The average molecular weight is 290 g/mol. The first kappa shape index (κ1) is 18.7. The zero-order valence-corrected chi connectivity index (χ0v) is 14.4. The van der Waals surface area contributed by atoms with Gasteiger partial charge in [0.1, 0.15) is 0 Å². The highest BCUT2D eigenvalue weighted by Crippen LogP contribution is 2.20. The van der Waals surface area contributed by atoms with Crippen LogP contribution in [-0.2, 0) is 0 Å². The summed E-state index contributed by atoms with van der Waals surface area (Å²) in [5, 5.41) is 1.48. The van der Waals surface area contributed by atoms with Gasteiger partial charge in [-0.05, 0) is 44.1 Å². The molecule has 1 radical (unpaired) electrons. The third-order valence-corrected chi connectivity index (χ3v) is 5.91. The molecule has 0 N–H and O–H groups in total. The molecule has 0 aromatic heterocycles. The van der Waals surface area contributed by atoms with E-state index in [-0.39, 0.29) is 0 Å². The van der Waals surface area contributed by atoms with Crippen LogP contribution < -0.4 is 0 Å². The Morgan fingerprint density at radius 1 is 0.889 bits per heavy atom. The van der Waals surface area contributed by atoms with Crippen molar-refractivity contribution >= 4 is 23.5 Å². The van der Waals surface area contributed by atoms with Gasteiger partial charge in [0.25, 0.3) is 0 Å². The molecule has 0 aliphatic rings.